The molecule has 0 radical (unpaired) electrons. The van der Waals surface area contributed by atoms with Crippen LogP contribution in [0.15, 0.2) is 40.9 Å². The molecule has 36 heavy (non-hydrogen) atoms. The molecule has 4 heteroatoms. The number of benzene rings is 1. The molecule has 2 saturated carbocycles. The highest BCUT2D eigenvalue weighted by Crippen LogP contribution is 2.40. The summed E-state index contributed by atoms with van der Waals surface area (Å²) >= 11 is 0. The Morgan fingerprint density at radius 2 is 1.92 bits per heavy atom. The lowest BCUT2D eigenvalue weighted by molar-refractivity contribution is 0.521. The summed E-state index contributed by atoms with van der Waals surface area (Å²) in [5, 5.41) is 4.77. The molecule has 0 spiro atoms. The van der Waals surface area contributed by atoms with E-state index in [4.69, 9.17) is 4.99 Å². The van der Waals surface area contributed by atoms with Crippen molar-refractivity contribution in [2.45, 2.75) is 96.6 Å². The van der Waals surface area contributed by atoms with Gasteiger partial charge in [-0.15, -0.1) is 0 Å². The van der Waals surface area contributed by atoms with E-state index in [1.165, 1.54) is 31.3 Å². The average molecular weight is 486 g/mol. The maximum Gasteiger partial charge on any atom is 0.125 e. The SMILES string of the molecule is CCCC#Cc1c(C2=C/CCC\C=C(CNC(C)C3CC3)/C=N/2)n(C2CCCC2)c2cc(F)ccc12. The third kappa shape index (κ3) is 5.68. The number of unbranched alkanes of at least 4 members (excludes halogenated alkanes) is 1. The molecule has 3 nitrogen and oxygen atoms in total. The molecule has 1 atom stereocenters. The number of nitrogens with one attached hydrogen (secondary N) is 1. The van der Waals surface area contributed by atoms with Crippen LogP contribution in [0.1, 0.15) is 102 Å². The van der Waals surface area contributed by atoms with Gasteiger partial charge < -0.3 is 9.88 Å². The molecule has 5 rings (SSSR count). The van der Waals surface area contributed by atoms with E-state index in [0.29, 0.717) is 12.1 Å². The lowest BCUT2D eigenvalue weighted by Gasteiger charge is -2.19. The first-order valence-corrected chi connectivity index (χ1v) is 14.1. The molecular weight excluding hydrogens is 445 g/mol. The molecule has 0 saturated heterocycles. The first-order valence-electron chi connectivity index (χ1n) is 14.1. The Balaban J connectivity index is 1.58. The van der Waals surface area contributed by atoms with Crippen LogP contribution in [0.25, 0.3) is 16.6 Å². The quantitative estimate of drug-likeness (QED) is 0.396. The topological polar surface area (TPSA) is 29.3 Å². The van der Waals surface area contributed by atoms with Crippen molar-refractivity contribution >= 4 is 22.8 Å². The summed E-state index contributed by atoms with van der Waals surface area (Å²) in [4.78, 5) is 5.12. The predicted molar refractivity (Wildman–Crippen MR) is 150 cm³/mol. The van der Waals surface area contributed by atoms with Gasteiger partial charge in [-0.1, -0.05) is 43.8 Å². The monoisotopic (exact) mass is 485 g/mol. The summed E-state index contributed by atoms with van der Waals surface area (Å²) in [5.41, 5.74) is 5.30. The number of halogens is 1. The molecular formula is C32H40FN3. The van der Waals surface area contributed by atoms with E-state index in [2.05, 4.69) is 53.9 Å². The van der Waals surface area contributed by atoms with Gasteiger partial charge in [0.1, 0.15) is 5.82 Å². The van der Waals surface area contributed by atoms with Crippen LogP contribution in [0.4, 0.5) is 4.39 Å². The molecule has 2 fully saturated rings. The molecule has 1 aromatic heterocycles. The van der Waals surface area contributed by atoms with E-state index in [1.54, 1.807) is 12.1 Å². The van der Waals surface area contributed by atoms with Gasteiger partial charge in [0.15, 0.2) is 0 Å². The summed E-state index contributed by atoms with van der Waals surface area (Å²) in [6.07, 6.45) is 19.1. The van der Waals surface area contributed by atoms with Gasteiger partial charge >= 0.3 is 0 Å². The standard InChI is InChI=1S/C32H40FN3/c1-3-4-6-14-29-28-19-18-26(33)20-31(28)36(27-12-9-10-13-27)32(29)30-15-8-5-7-11-24(22-35-30)21-34-23(2)25-16-17-25/h11,15,18-20,22-23,25,27,34H,3-5,7-10,12-13,16-17,21H2,1-2H3/b24-11-,30-15+,35-22+. The Kier molecular flexibility index (Phi) is 8.07. The predicted octanol–water partition coefficient (Wildman–Crippen LogP) is 7.96. The van der Waals surface area contributed by atoms with Crippen LogP contribution in [0, 0.1) is 23.6 Å². The number of fused-ring (bicyclic) bond motifs is 1. The van der Waals surface area contributed by atoms with Crippen LogP contribution >= 0.6 is 0 Å². The molecule has 2 heterocycles. The van der Waals surface area contributed by atoms with Gasteiger partial charge in [-0.2, -0.15) is 0 Å². The first kappa shape index (κ1) is 25.0. The largest absolute Gasteiger partial charge is 0.335 e. The number of aromatic nitrogens is 1. The molecule has 3 aliphatic rings. The van der Waals surface area contributed by atoms with Crippen LogP contribution in [-0.4, -0.2) is 23.4 Å². The van der Waals surface area contributed by atoms with Crippen LogP contribution in [0.5, 0.6) is 0 Å². The lowest BCUT2D eigenvalue weighted by Crippen LogP contribution is -2.30. The first-order chi connectivity index (χ1) is 17.7. The second-order valence-electron chi connectivity index (χ2n) is 10.8. The Labute approximate surface area is 216 Å². The van der Waals surface area contributed by atoms with E-state index in [9.17, 15) is 4.39 Å². The number of rotatable bonds is 7. The summed E-state index contributed by atoms with van der Waals surface area (Å²) < 4.78 is 16.9. The van der Waals surface area contributed by atoms with Crippen LogP contribution in [-0.2, 0) is 0 Å². The Bertz CT molecular complexity index is 1230. The van der Waals surface area contributed by atoms with E-state index in [0.717, 1.165) is 85.3 Å². The highest BCUT2D eigenvalue weighted by molar-refractivity contribution is 5.95. The molecule has 0 amide bonds. The molecule has 2 aliphatic carbocycles. The minimum Gasteiger partial charge on any atom is -0.335 e. The van der Waals surface area contributed by atoms with Crippen molar-refractivity contribution in [3.05, 3.63) is 53.0 Å². The van der Waals surface area contributed by atoms with Gasteiger partial charge in [-0.3, -0.25) is 4.99 Å². The summed E-state index contributed by atoms with van der Waals surface area (Å²) in [6.45, 7) is 5.31. The Hall–Kier alpha value is -2.64. The van der Waals surface area contributed by atoms with Crippen molar-refractivity contribution in [3.63, 3.8) is 0 Å². The second kappa shape index (κ2) is 11.6. The molecule has 1 aromatic carbocycles. The molecule has 1 unspecified atom stereocenters. The minimum atomic E-state index is -0.188. The van der Waals surface area contributed by atoms with Gasteiger partial charge in [0.05, 0.1) is 22.5 Å². The molecule has 1 aliphatic heterocycles. The smallest absolute Gasteiger partial charge is 0.125 e. The molecule has 1 N–H and O–H groups in total. The molecule has 0 bridgehead atoms. The minimum absolute atomic E-state index is 0.188. The fraction of sp³-hybridized carbons (Fsp3) is 0.531. The van der Waals surface area contributed by atoms with E-state index in [-0.39, 0.29) is 5.82 Å². The zero-order valence-electron chi connectivity index (χ0n) is 22.0. The third-order valence-corrected chi connectivity index (χ3v) is 7.97. The van der Waals surface area contributed by atoms with Gasteiger partial charge in [0.25, 0.3) is 0 Å². The van der Waals surface area contributed by atoms with Crippen molar-refractivity contribution in [1.82, 2.24) is 9.88 Å². The second-order valence-corrected chi connectivity index (χ2v) is 10.8. The van der Waals surface area contributed by atoms with Gasteiger partial charge in [0, 0.05) is 36.7 Å². The van der Waals surface area contributed by atoms with Crippen molar-refractivity contribution in [2.24, 2.45) is 10.9 Å². The van der Waals surface area contributed by atoms with Crippen molar-refractivity contribution < 1.29 is 4.39 Å². The summed E-state index contributed by atoms with van der Waals surface area (Å²) in [5.74, 6) is 7.53. The lowest BCUT2D eigenvalue weighted by atomic mass is 10.1. The number of hydrogen-bond donors (Lipinski definition) is 1. The van der Waals surface area contributed by atoms with Crippen molar-refractivity contribution in [3.8, 4) is 11.8 Å². The highest BCUT2D eigenvalue weighted by atomic mass is 19.1. The number of hydrogen-bond acceptors (Lipinski definition) is 2. The molecule has 2 aromatic rings. The fourth-order valence-corrected chi connectivity index (χ4v) is 5.70. The average Bonchev–Trinajstić information content (AvgIpc) is 3.47. The number of aliphatic imine (C=N–C) groups is 1. The third-order valence-electron chi connectivity index (χ3n) is 7.97. The zero-order valence-corrected chi connectivity index (χ0v) is 22.0. The Morgan fingerprint density at radius 3 is 2.69 bits per heavy atom. The maximum atomic E-state index is 14.5. The van der Waals surface area contributed by atoms with Crippen LogP contribution < -0.4 is 5.32 Å². The van der Waals surface area contributed by atoms with Crippen molar-refractivity contribution in [1.29, 1.82) is 0 Å². The van der Waals surface area contributed by atoms with E-state index in [1.807, 2.05) is 6.07 Å². The number of allylic oxidation sites excluding steroid dienone is 2. The Morgan fingerprint density at radius 1 is 1.11 bits per heavy atom. The maximum absolute atomic E-state index is 14.5. The van der Waals surface area contributed by atoms with Gasteiger partial charge in [-0.25, -0.2) is 4.39 Å². The normalized spacial score (nSPS) is 23.5. The van der Waals surface area contributed by atoms with E-state index < -0.39 is 0 Å². The van der Waals surface area contributed by atoms with Crippen molar-refractivity contribution in [2.75, 3.05) is 6.54 Å². The molecule has 190 valence electrons. The highest BCUT2D eigenvalue weighted by Gasteiger charge is 2.28. The number of nitrogens with zero attached hydrogens (tertiary/aromatic N) is 2. The van der Waals surface area contributed by atoms with Gasteiger partial charge in [-0.05, 0) is 88.0 Å². The van der Waals surface area contributed by atoms with E-state index >= 15 is 0 Å². The summed E-state index contributed by atoms with van der Waals surface area (Å²) in [7, 11) is 0. The van der Waals surface area contributed by atoms with Crippen LogP contribution in [0.2, 0.25) is 0 Å². The van der Waals surface area contributed by atoms with Crippen LogP contribution in [0.3, 0.4) is 0 Å². The zero-order chi connectivity index (χ0) is 24.9. The van der Waals surface area contributed by atoms with Gasteiger partial charge in [0.2, 0.25) is 0 Å². The fourth-order valence-electron chi connectivity index (χ4n) is 5.70. The summed E-state index contributed by atoms with van der Waals surface area (Å²) in [6, 6.07) is 6.12.